The molecule has 0 radical (unpaired) electrons. The highest BCUT2D eigenvalue weighted by atomic mass is 19.4. The smallest absolute Gasteiger partial charge is 0.406 e. The normalized spacial score (nSPS) is 11.2. The molecule has 0 aliphatic rings. The summed E-state index contributed by atoms with van der Waals surface area (Å²) in [5, 5.41) is 10.2. The summed E-state index contributed by atoms with van der Waals surface area (Å²) in [6.07, 6.45) is -2.12. The highest BCUT2D eigenvalue weighted by molar-refractivity contribution is 5.83. The molecule has 2 rings (SSSR count). The van der Waals surface area contributed by atoms with Gasteiger partial charge < -0.3 is 15.5 Å². The van der Waals surface area contributed by atoms with E-state index >= 15 is 0 Å². The molecule has 2 aromatic carbocycles. The molecule has 0 aromatic heterocycles. The molecule has 2 aromatic rings. The minimum atomic E-state index is -4.71. The zero-order valence-corrected chi connectivity index (χ0v) is 12.4. The van der Waals surface area contributed by atoms with Crippen LogP contribution in [0.3, 0.4) is 0 Å². The maximum Gasteiger partial charge on any atom is 0.573 e. The molecule has 24 heavy (non-hydrogen) atoms. The number of halogens is 3. The number of allylic oxidation sites excluding steroid dienone is 1. The van der Waals surface area contributed by atoms with Crippen LogP contribution < -0.4 is 10.1 Å². The minimum absolute atomic E-state index is 0.298. The molecule has 0 bridgehead atoms. The predicted octanol–water partition coefficient (Wildman–Crippen LogP) is 4.58. The average molecular weight is 330 g/mol. The Kier molecular flexibility index (Phi) is 5.63. The number of nitrogens with one attached hydrogen (secondary N) is 2. The minimum Gasteiger partial charge on any atom is -0.406 e. The maximum absolute atomic E-state index is 12.1. The summed E-state index contributed by atoms with van der Waals surface area (Å²) in [5.41, 5.74) is 1.79. The number of benzene rings is 2. The van der Waals surface area contributed by atoms with Gasteiger partial charge in [-0.3, -0.25) is 0 Å². The predicted molar refractivity (Wildman–Crippen MR) is 86.9 cm³/mol. The van der Waals surface area contributed by atoms with Crippen molar-refractivity contribution in [1.29, 1.82) is 5.41 Å². The van der Waals surface area contributed by atoms with Crippen LogP contribution in [0.5, 0.6) is 5.75 Å². The van der Waals surface area contributed by atoms with Gasteiger partial charge in [-0.05, 0) is 36.4 Å². The van der Waals surface area contributed by atoms with Gasteiger partial charge in [-0.15, -0.1) is 13.2 Å². The van der Waals surface area contributed by atoms with Gasteiger partial charge in [0.15, 0.2) is 0 Å². The molecule has 0 fully saturated rings. The van der Waals surface area contributed by atoms with Crippen LogP contribution in [0.1, 0.15) is 5.56 Å². The van der Waals surface area contributed by atoms with Crippen LogP contribution in [0, 0.1) is 17.3 Å². The summed E-state index contributed by atoms with van der Waals surface area (Å²) in [5.74, 6) is 5.44. The quantitative estimate of drug-likeness (QED) is 0.636. The molecule has 6 heteroatoms. The van der Waals surface area contributed by atoms with Crippen LogP contribution in [0.2, 0.25) is 0 Å². The molecule has 0 unspecified atom stereocenters. The molecule has 0 saturated carbocycles. The molecule has 0 spiro atoms. The highest BCUT2D eigenvalue weighted by Gasteiger charge is 2.30. The van der Waals surface area contributed by atoms with E-state index in [4.69, 9.17) is 5.41 Å². The lowest BCUT2D eigenvalue weighted by Gasteiger charge is -2.09. The zero-order chi connectivity index (χ0) is 17.4. The van der Waals surface area contributed by atoms with Gasteiger partial charge in [0.1, 0.15) is 5.75 Å². The van der Waals surface area contributed by atoms with Gasteiger partial charge in [0, 0.05) is 23.7 Å². The fourth-order valence-corrected chi connectivity index (χ4v) is 1.69. The lowest BCUT2D eigenvalue weighted by molar-refractivity contribution is -0.274. The van der Waals surface area contributed by atoms with Gasteiger partial charge >= 0.3 is 6.36 Å². The van der Waals surface area contributed by atoms with Crippen molar-refractivity contribution in [2.24, 2.45) is 0 Å². The Morgan fingerprint density at radius 3 is 2.29 bits per heavy atom. The van der Waals surface area contributed by atoms with Crippen molar-refractivity contribution >= 4 is 11.9 Å². The number of hydrogen-bond acceptors (Lipinski definition) is 3. The second kappa shape index (κ2) is 7.88. The number of rotatable bonds is 4. The second-order valence-electron chi connectivity index (χ2n) is 4.58. The molecule has 0 heterocycles. The second-order valence-corrected chi connectivity index (χ2v) is 4.58. The van der Waals surface area contributed by atoms with Crippen molar-refractivity contribution in [1.82, 2.24) is 0 Å². The Balaban J connectivity index is 2.03. The van der Waals surface area contributed by atoms with Crippen LogP contribution >= 0.6 is 0 Å². The summed E-state index contributed by atoms with van der Waals surface area (Å²) in [6, 6.07) is 14.6. The first-order valence-electron chi connectivity index (χ1n) is 6.86. The van der Waals surface area contributed by atoms with E-state index in [0.29, 0.717) is 11.3 Å². The van der Waals surface area contributed by atoms with Crippen molar-refractivity contribution in [3.05, 3.63) is 71.9 Å². The van der Waals surface area contributed by atoms with E-state index in [2.05, 4.69) is 21.9 Å². The summed E-state index contributed by atoms with van der Waals surface area (Å²) >= 11 is 0. The number of ether oxygens (including phenoxy) is 1. The van der Waals surface area contributed by atoms with Crippen molar-refractivity contribution in [3.8, 4) is 17.6 Å². The summed E-state index contributed by atoms with van der Waals surface area (Å²) in [4.78, 5) is 0. The Hall–Kier alpha value is -3.20. The molecule has 0 atom stereocenters. The van der Waals surface area contributed by atoms with E-state index in [0.717, 1.165) is 11.8 Å². The van der Waals surface area contributed by atoms with Crippen molar-refractivity contribution < 1.29 is 17.9 Å². The first-order chi connectivity index (χ1) is 11.5. The Morgan fingerprint density at radius 1 is 1.04 bits per heavy atom. The molecule has 3 nitrogen and oxygen atoms in total. The SMILES string of the molecule is N=C/C(C#Cc1ccccc1)=C\Nc1ccc(OC(F)(F)F)cc1. The van der Waals surface area contributed by atoms with Crippen molar-refractivity contribution in [3.63, 3.8) is 0 Å². The molecule has 2 N–H and O–H groups in total. The van der Waals surface area contributed by atoms with E-state index in [1.165, 1.54) is 30.5 Å². The lowest BCUT2D eigenvalue weighted by Crippen LogP contribution is -2.16. The monoisotopic (exact) mass is 330 g/mol. The maximum atomic E-state index is 12.1. The molecular formula is C18H13F3N2O. The van der Waals surface area contributed by atoms with Crippen LogP contribution in [-0.4, -0.2) is 12.6 Å². The van der Waals surface area contributed by atoms with Gasteiger partial charge in [-0.2, -0.15) is 0 Å². The molecular weight excluding hydrogens is 317 g/mol. The Bertz CT molecular complexity index is 770. The van der Waals surface area contributed by atoms with Gasteiger partial charge in [0.2, 0.25) is 0 Å². The first kappa shape index (κ1) is 17.2. The van der Waals surface area contributed by atoms with Gasteiger partial charge in [0.25, 0.3) is 0 Å². The molecule has 0 aliphatic heterocycles. The van der Waals surface area contributed by atoms with Crippen molar-refractivity contribution in [2.45, 2.75) is 6.36 Å². The first-order valence-corrected chi connectivity index (χ1v) is 6.86. The van der Waals surface area contributed by atoms with Crippen LogP contribution in [0.25, 0.3) is 0 Å². The number of anilines is 1. The molecule has 0 saturated heterocycles. The fourth-order valence-electron chi connectivity index (χ4n) is 1.69. The van der Waals surface area contributed by atoms with Crippen LogP contribution in [0.15, 0.2) is 66.4 Å². The van der Waals surface area contributed by atoms with Gasteiger partial charge in [-0.25, -0.2) is 0 Å². The summed E-state index contributed by atoms with van der Waals surface area (Å²) in [7, 11) is 0. The summed E-state index contributed by atoms with van der Waals surface area (Å²) < 4.78 is 40.0. The third kappa shape index (κ3) is 5.89. The van der Waals surface area contributed by atoms with E-state index < -0.39 is 6.36 Å². The average Bonchev–Trinajstić information content (AvgIpc) is 2.56. The Labute approximate surface area is 137 Å². The topological polar surface area (TPSA) is 45.1 Å². The number of hydrogen-bond donors (Lipinski definition) is 2. The molecule has 0 aliphatic carbocycles. The number of alkyl halides is 3. The van der Waals surface area contributed by atoms with E-state index in [1.54, 1.807) is 0 Å². The fraction of sp³-hybridized carbons (Fsp3) is 0.0556. The third-order valence-electron chi connectivity index (χ3n) is 2.76. The summed E-state index contributed by atoms with van der Waals surface area (Å²) in [6.45, 7) is 0. The van der Waals surface area contributed by atoms with E-state index in [1.807, 2.05) is 30.3 Å². The molecule has 122 valence electrons. The zero-order valence-electron chi connectivity index (χ0n) is 12.4. The Morgan fingerprint density at radius 2 is 1.71 bits per heavy atom. The van der Waals surface area contributed by atoms with E-state index in [9.17, 15) is 13.2 Å². The van der Waals surface area contributed by atoms with Crippen LogP contribution in [0.4, 0.5) is 18.9 Å². The van der Waals surface area contributed by atoms with Crippen molar-refractivity contribution in [2.75, 3.05) is 5.32 Å². The third-order valence-corrected chi connectivity index (χ3v) is 2.76. The van der Waals surface area contributed by atoms with E-state index in [-0.39, 0.29) is 5.75 Å². The lowest BCUT2D eigenvalue weighted by atomic mass is 10.2. The van der Waals surface area contributed by atoms with Gasteiger partial charge in [-0.1, -0.05) is 30.0 Å². The standard InChI is InChI=1S/C18H13F3N2O/c19-18(20,21)24-17-10-8-16(9-11-17)23-13-15(12-22)7-6-14-4-2-1-3-5-14/h1-5,8-13,22-23H/b15-13-,22-12?. The highest BCUT2D eigenvalue weighted by Crippen LogP contribution is 2.23. The molecule has 0 amide bonds. The largest absolute Gasteiger partial charge is 0.573 e. The van der Waals surface area contributed by atoms with Gasteiger partial charge in [0.05, 0.1) is 5.57 Å². The van der Waals surface area contributed by atoms with Crippen LogP contribution in [-0.2, 0) is 0 Å².